The number of fused-ring (bicyclic) bond motifs is 2. The summed E-state index contributed by atoms with van der Waals surface area (Å²) in [7, 11) is 18.7. The van der Waals surface area contributed by atoms with E-state index in [1.54, 1.807) is 0 Å². The van der Waals surface area contributed by atoms with Crippen molar-refractivity contribution in [2.24, 2.45) is 0 Å². The third-order valence-corrected chi connectivity index (χ3v) is 32.6. The molecule has 6 aromatic carbocycles. The molecule has 6 aromatic rings. The predicted molar refractivity (Wildman–Crippen MR) is 251 cm³/mol. The summed E-state index contributed by atoms with van der Waals surface area (Å²) in [6, 6.07) is 53.8. The van der Waals surface area contributed by atoms with Crippen LogP contribution >= 0.6 is 17.0 Å². The van der Waals surface area contributed by atoms with Crippen molar-refractivity contribution in [2.75, 3.05) is 0 Å². The van der Waals surface area contributed by atoms with E-state index in [1.165, 1.54) is 66.8 Å². The minimum absolute atomic E-state index is 0.000291. The predicted octanol–water partition coefficient (Wildman–Crippen LogP) is 16.3. The van der Waals surface area contributed by atoms with E-state index in [-0.39, 0.29) is 18.1 Å². The van der Waals surface area contributed by atoms with Crippen molar-refractivity contribution in [3.05, 3.63) is 201 Å². The van der Waals surface area contributed by atoms with E-state index in [0.29, 0.717) is 0 Å². The number of hydrogen-bond donors (Lipinski definition) is 0. The van der Waals surface area contributed by atoms with Gasteiger partial charge in [-0.3, -0.25) is 0 Å². The van der Waals surface area contributed by atoms with Crippen molar-refractivity contribution < 1.29 is 15.9 Å². The average Bonchev–Trinajstić information content (AvgIpc) is 3.82. The second-order valence-corrected chi connectivity index (χ2v) is 39.1. The van der Waals surface area contributed by atoms with Crippen LogP contribution in [0.25, 0.3) is 34.4 Å². The Labute approximate surface area is 355 Å². The molecule has 294 valence electrons. The molecule has 0 nitrogen and oxygen atoms in total. The molecular formula is C55H56Cl2Zr. The van der Waals surface area contributed by atoms with Crippen LogP contribution in [0.15, 0.2) is 157 Å². The van der Waals surface area contributed by atoms with E-state index in [1.807, 2.05) is 0 Å². The van der Waals surface area contributed by atoms with Crippen molar-refractivity contribution in [3.8, 4) is 22.3 Å². The van der Waals surface area contributed by atoms with Crippen LogP contribution in [0.5, 0.6) is 0 Å². The minimum atomic E-state index is -5.80. The molecule has 0 aliphatic heterocycles. The standard InChI is InChI=1S/C21H26.2C17H15.2ClH.Zr/c1-20(2,3)18-11-7-16(8-12-18)15-17-9-13-19(14-10-17)21(4,5)6;2*1-2-13-11-15-9-6-10-16(17(15)12-13)14-7-4-3-5-8-14;;;/h7-14H,1-6H3;2*3-12H,2H2,1H3;2*1H;/q;;;;;+2/p-2. The van der Waals surface area contributed by atoms with Gasteiger partial charge >= 0.3 is 358 Å². The number of allylic oxidation sites excluding steroid dienone is 2. The van der Waals surface area contributed by atoms with E-state index < -0.39 is 15.9 Å². The second kappa shape index (κ2) is 15.3. The van der Waals surface area contributed by atoms with Gasteiger partial charge in [0.25, 0.3) is 0 Å². The Morgan fingerprint density at radius 1 is 0.466 bits per heavy atom. The number of hydrogen-bond acceptors (Lipinski definition) is 0. The van der Waals surface area contributed by atoms with Gasteiger partial charge < -0.3 is 0 Å². The second-order valence-electron chi connectivity index (χ2n) is 18.5. The summed E-state index contributed by atoms with van der Waals surface area (Å²) < 4.78 is 0.814. The van der Waals surface area contributed by atoms with Gasteiger partial charge in [0.2, 0.25) is 0 Å². The topological polar surface area (TPSA) is 0 Å². The zero-order valence-corrected chi connectivity index (χ0v) is 39.3. The molecule has 0 radical (unpaired) electrons. The van der Waals surface area contributed by atoms with Crippen LogP contribution in [0, 0.1) is 0 Å². The van der Waals surface area contributed by atoms with Crippen LogP contribution in [-0.4, -0.2) is 3.21 Å². The molecule has 0 saturated heterocycles. The SMILES string of the molecule is CCC1=Cc2c(-c3ccccc3)cccc2[CH]1[Zr]([Cl])([Cl])(=[C](c1ccc(C(C)(C)C)cc1)c1ccc(C(C)(C)C)cc1)[CH]1C(CC)=Cc2c(-c3ccccc3)cccc21. The van der Waals surface area contributed by atoms with Crippen LogP contribution in [0.4, 0.5) is 0 Å². The number of benzene rings is 6. The first-order chi connectivity index (χ1) is 27.6. The van der Waals surface area contributed by atoms with Crippen LogP contribution in [-0.2, 0) is 26.7 Å². The van der Waals surface area contributed by atoms with Gasteiger partial charge in [0.15, 0.2) is 0 Å². The molecular weight excluding hydrogens is 823 g/mol. The molecule has 0 saturated carbocycles. The summed E-state index contributed by atoms with van der Waals surface area (Å²) in [5, 5.41) is 0. The Balaban J connectivity index is 1.55. The van der Waals surface area contributed by atoms with Gasteiger partial charge in [-0.1, -0.05) is 0 Å². The molecule has 0 bridgehead atoms. The Morgan fingerprint density at radius 2 is 0.828 bits per heavy atom. The average molecular weight is 879 g/mol. The quantitative estimate of drug-likeness (QED) is 0.143. The van der Waals surface area contributed by atoms with Crippen LogP contribution in [0.1, 0.15) is 120 Å². The first kappa shape index (κ1) is 40.9. The van der Waals surface area contributed by atoms with Crippen molar-refractivity contribution in [1.82, 2.24) is 0 Å². The Morgan fingerprint density at radius 3 is 1.16 bits per heavy atom. The van der Waals surface area contributed by atoms with Gasteiger partial charge in [0.05, 0.1) is 0 Å². The van der Waals surface area contributed by atoms with Gasteiger partial charge in [-0.2, -0.15) is 0 Å². The van der Waals surface area contributed by atoms with Gasteiger partial charge in [-0.15, -0.1) is 0 Å². The molecule has 2 aliphatic rings. The molecule has 0 amide bonds. The van der Waals surface area contributed by atoms with Crippen LogP contribution in [0.2, 0.25) is 0 Å². The first-order valence-corrected chi connectivity index (χ1v) is 31.5. The van der Waals surface area contributed by atoms with E-state index in [2.05, 4.69) is 213 Å². The van der Waals surface area contributed by atoms with Gasteiger partial charge in [0, 0.05) is 0 Å². The summed E-state index contributed by atoms with van der Waals surface area (Å²) >= 11 is -5.80. The zero-order chi connectivity index (χ0) is 41.1. The fraction of sp³-hybridized carbons (Fsp3) is 0.255. The Bertz CT molecular complexity index is 2440. The van der Waals surface area contributed by atoms with Crippen molar-refractivity contribution in [1.29, 1.82) is 0 Å². The Kier molecular flexibility index (Phi) is 10.8. The molecule has 0 heterocycles. The van der Waals surface area contributed by atoms with Crippen LogP contribution < -0.4 is 0 Å². The van der Waals surface area contributed by atoms with Crippen LogP contribution in [0.3, 0.4) is 0 Å². The third kappa shape index (κ3) is 6.94. The van der Waals surface area contributed by atoms with Crippen molar-refractivity contribution in [2.45, 2.75) is 86.3 Å². The third-order valence-electron chi connectivity index (χ3n) is 12.9. The fourth-order valence-electron chi connectivity index (χ4n) is 9.98. The van der Waals surface area contributed by atoms with E-state index in [4.69, 9.17) is 0 Å². The molecule has 8 rings (SSSR count). The summed E-state index contributed by atoms with van der Waals surface area (Å²) in [6.07, 6.45) is 6.61. The summed E-state index contributed by atoms with van der Waals surface area (Å²) in [4.78, 5) is 0. The summed E-state index contributed by atoms with van der Waals surface area (Å²) in [5.74, 6) is 0. The van der Waals surface area contributed by atoms with Gasteiger partial charge in [-0.25, -0.2) is 0 Å². The Hall–Kier alpha value is -3.87. The van der Waals surface area contributed by atoms with E-state index in [9.17, 15) is 17.0 Å². The molecule has 0 aromatic heterocycles. The normalized spacial score (nSPS) is 16.7. The molecule has 2 unspecified atom stereocenters. The van der Waals surface area contributed by atoms with Gasteiger partial charge in [-0.05, 0) is 0 Å². The maximum absolute atomic E-state index is 9.36. The summed E-state index contributed by atoms with van der Waals surface area (Å²) in [6.45, 7) is 18.3. The van der Waals surface area contributed by atoms with Crippen molar-refractivity contribution >= 4 is 32.4 Å². The molecule has 58 heavy (non-hydrogen) atoms. The molecule has 2 aliphatic carbocycles. The molecule has 0 fully saturated rings. The molecule has 0 spiro atoms. The van der Waals surface area contributed by atoms with E-state index >= 15 is 0 Å². The number of halogens is 2. The monoisotopic (exact) mass is 876 g/mol. The summed E-state index contributed by atoms with van der Waals surface area (Å²) in [5.41, 5.74) is 17.4. The fourth-order valence-corrected chi connectivity index (χ4v) is 33.2. The maximum atomic E-state index is 9.36. The first-order valence-electron chi connectivity index (χ1n) is 21.1. The number of rotatable bonds is 8. The van der Waals surface area contributed by atoms with Crippen molar-refractivity contribution in [3.63, 3.8) is 0 Å². The molecule has 2 atom stereocenters. The van der Waals surface area contributed by atoms with E-state index in [0.717, 1.165) is 27.2 Å². The molecule has 3 heteroatoms. The van der Waals surface area contributed by atoms with Gasteiger partial charge in [0.1, 0.15) is 0 Å². The molecule has 0 N–H and O–H groups in total. The zero-order valence-electron chi connectivity index (χ0n) is 35.3.